The van der Waals surface area contributed by atoms with Gasteiger partial charge in [0.1, 0.15) is 5.82 Å². The third kappa shape index (κ3) is 4.06. The van der Waals surface area contributed by atoms with Crippen LogP contribution in [0, 0.1) is 6.92 Å². The molecule has 0 atom stereocenters. The molecule has 0 aliphatic carbocycles. The zero-order chi connectivity index (χ0) is 13.7. The van der Waals surface area contributed by atoms with Crippen molar-refractivity contribution in [1.82, 2.24) is 10.3 Å². The molecule has 4 nitrogen and oxygen atoms in total. The number of carbonyl (C=O) groups excluding carboxylic acids is 1. The van der Waals surface area contributed by atoms with E-state index in [1.165, 1.54) is 0 Å². The van der Waals surface area contributed by atoms with Crippen LogP contribution < -0.4 is 10.6 Å². The Hall–Kier alpha value is -1.88. The summed E-state index contributed by atoms with van der Waals surface area (Å²) >= 11 is 3.37. The van der Waals surface area contributed by atoms with Gasteiger partial charge in [-0.05, 0) is 40.5 Å². The van der Waals surface area contributed by atoms with Gasteiger partial charge in [-0.1, -0.05) is 30.3 Å². The highest BCUT2D eigenvalue weighted by molar-refractivity contribution is 9.10. The number of carbonyl (C=O) groups is 1. The van der Waals surface area contributed by atoms with Crippen molar-refractivity contribution in [3.05, 3.63) is 58.2 Å². The summed E-state index contributed by atoms with van der Waals surface area (Å²) in [7, 11) is 0. The molecule has 1 heterocycles. The van der Waals surface area contributed by atoms with Crippen molar-refractivity contribution in [2.24, 2.45) is 0 Å². The third-order valence-corrected chi connectivity index (χ3v) is 3.40. The summed E-state index contributed by atoms with van der Waals surface area (Å²) in [6, 6.07) is 13.1. The molecule has 0 radical (unpaired) electrons. The number of hydrogen-bond donors (Lipinski definition) is 2. The fourth-order valence-corrected chi connectivity index (χ4v) is 1.77. The van der Waals surface area contributed by atoms with Crippen LogP contribution in [-0.4, -0.2) is 11.0 Å². The molecule has 0 spiro atoms. The Balaban J connectivity index is 1.89. The molecule has 0 unspecified atom stereocenters. The third-order valence-electron chi connectivity index (χ3n) is 2.56. The number of halogens is 1. The number of hydrogen-bond acceptors (Lipinski definition) is 2. The van der Waals surface area contributed by atoms with Crippen LogP contribution in [0.1, 0.15) is 11.3 Å². The summed E-state index contributed by atoms with van der Waals surface area (Å²) in [5.74, 6) is 0.534. The number of benzene rings is 1. The topological polar surface area (TPSA) is 54.0 Å². The van der Waals surface area contributed by atoms with E-state index in [1.807, 2.05) is 43.3 Å². The van der Waals surface area contributed by atoms with Gasteiger partial charge in [-0.15, -0.1) is 0 Å². The summed E-state index contributed by atoms with van der Waals surface area (Å²) in [6.07, 6.45) is 0. The Labute approximate surface area is 120 Å². The van der Waals surface area contributed by atoms with Crippen molar-refractivity contribution in [3.8, 4) is 0 Å². The first kappa shape index (κ1) is 13.5. The summed E-state index contributed by atoms with van der Waals surface area (Å²) in [4.78, 5) is 16.0. The highest BCUT2D eigenvalue weighted by Crippen LogP contribution is 2.15. The number of nitrogens with zero attached hydrogens (tertiary/aromatic N) is 1. The van der Waals surface area contributed by atoms with E-state index in [0.29, 0.717) is 12.4 Å². The van der Waals surface area contributed by atoms with Gasteiger partial charge < -0.3 is 5.32 Å². The summed E-state index contributed by atoms with van der Waals surface area (Å²) in [5.41, 5.74) is 1.89. The van der Waals surface area contributed by atoms with Crippen LogP contribution in [0.3, 0.4) is 0 Å². The molecule has 0 bridgehead atoms. The van der Waals surface area contributed by atoms with E-state index >= 15 is 0 Å². The van der Waals surface area contributed by atoms with Crippen LogP contribution in [0.4, 0.5) is 10.6 Å². The zero-order valence-electron chi connectivity index (χ0n) is 10.5. The molecule has 5 heteroatoms. The molecule has 1 aromatic heterocycles. The molecule has 2 rings (SSSR count). The van der Waals surface area contributed by atoms with Crippen LogP contribution in [0.25, 0.3) is 0 Å². The molecule has 0 fully saturated rings. The second kappa shape index (κ2) is 6.33. The lowest BCUT2D eigenvalue weighted by atomic mass is 10.2. The van der Waals surface area contributed by atoms with Gasteiger partial charge in [0.2, 0.25) is 0 Å². The van der Waals surface area contributed by atoms with Crippen molar-refractivity contribution in [2.75, 3.05) is 5.32 Å². The minimum Gasteiger partial charge on any atom is -0.334 e. The first-order valence-electron chi connectivity index (χ1n) is 5.87. The Kier molecular flexibility index (Phi) is 4.52. The van der Waals surface area contributed by atoms with Gasteiger partial charge in [0.05, 0.1) is 5.69 Å². The van der Waals surface area contributed by atoms with Gasteiger partial charge in [-0.25, -0.2) is 9.78 Å². The molecule has 19 heavy (non-hydrogen) atoms. The fourth-order valence-electron chi connectivity index (χ4n) is 1.55. The SMILES string of the molecule is Cc1nc(NC(=O)NCc2ccccc2)ccc1Br. The fraction of sp³-hybridized carbons (Fsp3) is 0.143. The van der Waals surface area contributed by atoms with E-state index < -0.39 is 0 Å². The lowest BCUT2D eigenvalue weighted by molar-refractivity contribution is 0.251. The number of aromatic nitrogens is 1. The molecule has 0 aliphatic heterocycles. The molecular weight excluding hydrogens is 306 g/mol. The van der Waals surface area contributed by atoms with Gasteiger partial charge in [-0.3, -0.25) is 5.32 Å². The van der Waals surface area contributed by atoms with Crippen molar-refractivity contribution < 1.29 is 4.79 Å². The quantitative estimate of drug-likeness (QED) is 0.910. The van der Waals surface area contributed by atoms with Crippen molar-refractivity contribution in [3.63, 3.8) is 0 Å². The van der Waals surface area contributed by atoms with Crippen LogP contribution in [0.5, 0.6) is 0 Å². The average molecular weight is 320 g/mol. The molecular formula is C14H14BrN3O. The van der Waals surface area contributed by atoms with E-state index in [-0.39, 0.29) is 6.03 Å². The summed E-state index contributed by atoms with van der Waals surface area (Å²) in [5, 5.41) is 5.48. The summed E-state index contributed by atoms with van der Waals surface area (Å²) in [6.45, 7) is 2.36. The molecule has 2 aromatic rings. The lowest BCUT2D eigenvalue weighted by Gasteiger charge is -2.08. The highest BCUT2D eigenvalue weighted by atomic mass is 79.9. The van der Waals surface area contributed by atoms with Crippen molar-refractivity contribution in [1.29, 1.82) is 0 Å². The Bertz CT molecular complexity index is 572. The maximum atomic E-state index is 11.7. The minimum absolute atomic E-state index is 0.266. The van der Waals surface area contributed by atoms with E-state index in [2.05, 4.69) is 31.5 Å². The maximum Gasteiger partial charge on any atom is 0.320 e. The molecule has 0 aliphatic rings. The van der Waals surface area contributed by atoms with E-state index in [9.17, 15) is 4.79 Å². The predicted octanol–water partition coefficient (Wildman–Crippen LogP) is 3.47. The average Bonchev–Trinajstić information content (AvgIpc) is 2.42. The number of amides is 2. The number of aryl methyl sites for hydroxylation is 1. The largest absolute Gasteiger partial charge is 0.334 e. The molecule has 1 aromatic carbocycles. The van der Waals surface area contributed by atoms with E-state index in [0.717, 1.165) is 15.7 Å². The minimum atomic E-state index is -0.266. The summed E-state index contributed by atoms with van der Waals surface area (Å²) < 4.78 is 0.919. The Morgan fingerprint density at radius 1 is 1.21 bits per heavy atom. The lowest BCUT2D eigenvalue weighted by Crippen LogP contribution is -2.28. The van der Waals surface area contributed by atoms with Gasteiger partial charge >= 0.3 is 6.03 Å². The monoisotopic (exact) mass is 319 g/mol. The Morgan fingerprint density at radius 2 is 1.95 bits per heavy atom. The predicted molar refractivity (Wildman–Crippen MR) is 79.0 cm³/mol. The Morgan fingerprint density at radius 3 is 2.63 bits per heavy atom. The maximum absolute atomic E-state index is 11.7. The second-order valence-corrected chi connectivity index (χ2v) is 4.91. The molecule has 2 N–H and O–H groups in total. The number of nitrogens with one attached hydrogen (secondary N) is 2. The standard InChI is InChI=1S/C14H14BrN3O/c1-10-12(15)7-8-13(17-10)18-14(19)16-9-11-5-3-2-4-6-11/h2-8H,9H2,1H3,(H2,16,17,18,19). The van der Waals surface area contributed by atoms with Crippen molar-refractivity contribution >= 4 is 27.8 Å². The van der Waals surface area contributed by atoms with Gasteiger partial charge in [-0.2, -0.15) is 0 Å². The number of pyridine rings is 1. The normalized spacial score (nSPS) is 10.0. The van der Waals surface area contributed by atoms with E-state index in [1.54, 1.807) is 6.07 Å². The van der Waals surface area contributed by atoms with Crippen LogP contribution in [-0.2, 0) is 6.54 Å². The zero-order valence-corrected chi connectivity index (χ0v) is 12.1. The number of anilines is 1. The van der Waals surface area contributed by atoms with Crippen LogP contribution in [0.15, 0.2) is 46.9 Å². The van der Waals surface area contributed by atoms with E-state index in [4.69, 9.17) is 0 Å². The molecule has 0 saturated heterocycles. The van der Waals surface area contributed by atoms with Crippen molar-refractivity contribution in [2.45, 2.75) is 13.5 Å². The molecule has 2 amide bonds. The number of urea groups is 1. The second-order valence-electron chi connectivity index (χ2n) is 4.06. The van der Waals surface area contributed by atoms with Crippen LogP contribution in [0.2, 0.25) is 0 Å². The van der Waals surface area contributed by atoms with Gasteiger partial charge in [0.15, 0.2) is 0 Å². The number of rotatable bonds is 3. The highest BCUT2D eigenvalue weighted by Gasteiger charge is 2.04. The van der Waals surface area contributed by atoms with Gasteiger partial charge in [0.25, 0.3) is 0 Å². The molecule has 98 valence electrons. The van der Waals surface area contributed by atoms with Crippen LogP contribution >= 0.6 is 15.9 Å². The first-order chi connectivity index (χ1) is 9.15. The van der Waals surface area contributed by atoms with Gasteiger partial charge in [0, 0.05) is 11.0 Å². The first-order valence-corrected chi connectivity index (χ1v) is 6.66. The molecule has 0 saturated carbocycles. The smallest absolute Gasteiger partial charge is 0.320 e.